The van der Waals surface area contributed by atoms with Crippen molar-refractivity contribution < 1.29 is 9.90 Å². The summed E-state index contributed by atoms with van der Waals surface area (Å²) in [5.41, 5.74) is 2.31. The van der Waals surface area contributed by atoms with Gasteiger partial charge in [-0.15, -0.1) is 0 Å². The fourth-order valence-corrected chi connectivity index (χ4v) is 2.05. The number of aliphatic hydroxyl groups is 1. The first-order valence-corrected chi connectivity index (χ1v) is 6.67. The topological polar surface area (TPSA) is 49.3 Å². The van der Waals surface area contributed by atoms with Crippen molar-refractivity contribution in [2.75, 3.05) is 5.32 Å². The summed E-state index contributed by atoms with van der Waals surface area (Å²) >= 11 is 3.40. The maximum atomic E-state index is 11.9. The summed E-state index contributed by atoms with van der Waals surface area (Å²) in [5.74, 6) is -0.443. The van der Waals surface area contributed by atoms with Crippen LogP contribution in [-0.2, 0) is 4.79 Å². The van der Waals surface area contributed by atoms with E-state index in [1.807, 2.05) is 25.1 Å². The molecule has 0 aliphatic rings. The van der Waals surface area contributed by atoms with Crippen LogP contribution in [0.2, 0.25) is 0 Å². The molecular weight excluding hydrogens is 306 g/mol. The van der Waals surface area contributed by atoms with Crippen molar-refractivity contribution in [2.24, 2.45) is 0 Å². The van der Waals surface area contributed by atoms with Crippen molar-refractivity contribution >= 4 is 27.5 Å². The molecule has 0 radical (unpaired) electrons. The van der Waals surface area contributed by atoms with E-state index in [1.165, 1.54) is 0 Å². The van der Waals surface area contributed by atoms with Crippen molar-refractivity contribution in [1.82, 2.24) is 0 Å². The molecule has 0 saturated heterocycles. The first-order valence-electron chi connectivity index (χ1n) is 5.88. The molecule has 0 heterocycles. The SMILES string of the molecule is Cc1ccc(NC(=O)C(O)c2ccccc2)cc1Br. The normalized spacial score (nSPS) is 11.9. The molecule has 0 aliphatic carbocycles. The Kier molecular flexibility index (Phi) is 4.35. The van der Waals surface area contributed by atoms with Gasteiger partial charge >= 0.3 is 0 Å². The predicted molar refractivity (Wildman–Crippen MR) is 78.9 cm³/mol. The van der Waals surface area contributed by atoms with Crippen molar-refractivity contribution in [1.29, 1.82) is 0 Å². The van der Waals surface area contributed by atoms with Crippen molar-refractivity contribution in [3.63, 3.8) is 0 Å². The monoisotopic (exact) mass is 319 g/mol. The van der Waals surface area contributed by atoms with Crippen LogP contribution in [0.1, 0.15) is 17.2 Å². The van der Waals surface area contributed by atoms with Gasteiger partial charge in [0.2, 0.25) is 0 Å². The maximum Gasteiger partial charge on any atom is 0.257 e. The maximum absolute atomic E-state index is 11.9. The zero-order chi connectivity index (χ0) is 13.8. The Morgan fingerprint density at radius 1 is 1.21 bits per heavy atom. The van der Waals surface area contributed by atoms with E-state index < -0.39 is 12.0 Å². The van der Waals surface area contributed by atoms with E-state index in [1.54, 1.807) is 30.3 Å². The number of benzene rings is 2. The van der Waals surface area contributed by atoms with Crippen LogP contribution < -0.4 is 5.32 Å². The third kappa shape index (κ3) is 3.43. The average molecular weight is 320 g/mol. The molecule has 0 aromatic heterocycles. The Labute approximate surface area is 120 Å². The van der Waals surface area contributed by atoms with Gasteiger partial charge in [-0.2, -0.15) is 0 Å². The van der Waals surface area contributed by atoms with E-state index in [2.05, 4.69) is 21.2 Å². The number of aliphatic hydroxyl groups excluding tert-OH is 1. The van der Waals surface area contributed by atoms with Gasteiger partial charge in [0.25, 0.3) is 5.91 Å². The number of anilines is 1. The van der Waals surface area contributed by atoms with Crippen molar-refractivity contribution in [3.05, 3.63) is 64.1 Å². The van der Waals surface area contributed by atoms with Crippen molar-refractivity contribution in [2.45, 2.75) is 13.0 Å². The third-order valence-electron chi connectivity index (χ3n) is 2.80. The van der Waals surface area contributed by atoms with E-state index in [0.717, 1.165) is 10.0 Å². The zero-order valence-electron chi connectivity index (χ0n) is 10.4. The van der Waals surface area contributed by atoms with Crippen LogP contribution in [0.5, 0.6) is 0 Å². The number of hydrogen-bond donors (Lipinski definition) is 2. The molecule has 3 nitrogen and oxygen atoms in total. The molecule has 0 aliphatic heterocycles. The van der Waals surface area contributed by atoms with E-state index in [9.17, 15) is 9.90 Å². The van der Waals surface area contributed by atoms with E-state index in [-0.39, 0.29) is 0 Å². The fraction of sp³-hybridized carbons (Fsp3) is 0.133. The van der Waals surface area contributed by atoms with Crippen molar-refractivity contribution in [3.8, 4) is 0 Å². The third-order valence-corrected chi connectivity index (χ3v) is 3.66. The van der Waals surface area contributed by atoms with Gasteiger partial charge in [-0.3, -0.25) is 4.79 Å². The molecule has 2 aromatic rings. The van der Waals surface area contributed by atoms with Gasteiger partial charge in [-0.25, -0.2) is 0 Å². The first-order chi connectivity index (χ1) is 9.08. The Morgan fingerprint density at radius 3 is 2.53 bits per heavy atom. The summed E-state index contributed by atoms with van der Waals surface area (Å²) < 4.78 is 0.916. The number of carbonyl (C=O) groups excluding carboxylic acids is 1. The van der Waals surface area contributed by atoms with E-state index in [0.29, 0.717) is 11.3 Å². The summed E-state index contributed by atoms with van der Waals surface area (Å²) in [6.45, 7) is 1.97. The second-order valence-electron chi connectivity index (χ2n) is 4.27. The van der Waals surface area contributed by atoms with Crippen LogP contribution in [-0.4, -0.2) is 11.0 Å². The highest BCUT2D eigenvalue weighted by Gasteiger charge is 2.17. The molecule has 0 bridgehead atoms. The van der Waals surface area contributed by atoms with Crippen LogP contribution in [0.25, 0.3) is 0 Å². The largest absolute Gasteiger partial charge is 0.378 e. The number of carbonyl (C=O) groups is 1. The minimum atomic E-state index is -1.17. The number of halogens is 1. The number of rotatable bonds is 3. The molecule has 1 unspecified atom stereocenters. The lowest BCUT2D eigenvalue weighted by Gasteiger charge is -2.12. The highest BCUT2D eigenvalue weighted by atomic mass is 79.9. The summed E-state index contributed by atoms with van der Waals surface area (Å²) in [7, 11) is 0. The number of hydrogen-bond acceptors (Lipinski definition) is 2. The van der Waals surface area contributed by atoms with Gasteiger partial charge in [-0.1, -0.05) is 52.3 Å². The number of nitrogens with one attached hydrogen (secondary N) is 1. The van der Waals surface area contributed by atoms with Crippen LogP contribution >= 0.6 is 15.9 Å². The Hall–Kier alpha value is -1.65. The molecule has 2 rings (SSSR count). The van der Waals surface area contributed by atoms with Crippen LogP contribution in [0.15, 0.2) is 53.0 Å². The molecule has 1 atom stereocenters. The molecule has 2 aromatic carbocycles. The van der Waals surface area contributed by atoms with E-state index in [4.69, 9.17) is 0 Å². The first kappa shape index (κ1) is 13.8. The van der Waals surface area contributed by atoms with Gasteiger partial charge in [0, 0.05) is 10.2 Å². The highest BCUT2D eigenvalue weighted by molar-refractivity contribution is 9.10. The Morgan fingerprint density at radius 2 is 1.89 bits per heavy atom. The number of aryl methyl sites for hydroxylation is 1. The molecule has 98 valence electrons. The van der Waals surface area contributed by atoms with Crippen LogP contribution in [0, 0.1) is 6.92 Å². The molecule has 1 amide bonds. The minimum absolute atomic E-state index is 0.443. The van der Waals surface area contributed by atoms with Gasteiger partial charge in [0.15, 0.2) is 6.10 Å². The smallest absolute Gasteiger partial charge is 0.257 e. The molecule has 0 spiro atoms. The molecule has 0 saturated carbocycles. The molecule has 2 N–H and O–H groups in total. The van der Waals surface area contributed by atoms with Gasteiger partial charge < -0.3 is 10.4 Å². The fourth-order valence-electron chi connectivity index (χ4n) is 1.67. The number of amides is 1. The van der Waals surface area contributed by atoms with E-state index >= 15 is 0 Å². The predicted octanol–water partition coefficient (Wildman–Crippen LogP) is 3.43. The van der Waals surface area contributed by atoms with Crippen LogP contribution in [0.4, 0.5) is 5.69 Å². The molecule has 4 heteroatoms. The quantitative estimate of drug-likeness (QED) is 0.910. The van der Waals surface area contributed by atoms with Crippen LogP contribution in [0.3, 0.4) is 0 Å². The second-order valence-corrected chi connectivity index (χ2v) is 5.12. The second kappa shape index (κ2) is 5.99. The Bertz CT molecular complexity index is 584. The lowest BCUT2D eigenvalue weighted by molar-refractivity contribution is -0.124. The zero-order valence-corrected chi connectivity index (χ0v) is 12.0. The molecule has 19 heavy (non-hydrogen) atoms. The Balaban J connectivity index is 2.10. The lowest BCUT2D eigenvalue weighted by Crippen LogP contribution is -2.20. The molecular formula is C15H14BrNO2. The summed E-state index contributed by atoms with van der Waals surface area (Å²) in [6, 6.07) is 14.4. The van der Waals surface area contributed by atoms with Gasteiger partial charge in [0.05, 0.1) is 0 Å². The van der Waals surface area contributed by atoms with Gasteiger partial charge in [0.1, 0.15) is 0 Å². The molecule has 0 fully saturated rings. The summed E-state index contributed by atoms with van der Waals surface area (Å²) in [4.78, 5) is 11.9. The minimum Gasteiger partial charge on any atom is -0.378 e. The standard InChI is InChI=1S/C15H14BrNO2/c1-10-7-8-12(9-13(10)16)17-15(19)14(18)11-5-3-2-4-6-11/h2-9,14,18H,1H3,(H,17,19). The summed E-state index contributed by atoms with van der Waals surface area (Å²) in [6.07, 6.45) is -1.17. The van der Waals surface area contributed by atoms with Gasteiger partial charge in [-0.05, 0) is 30.2 Å². The highest BCUT2D eigenvalue weighted by Crippen LogP contribution is 2.22. The lowest BCUT2D eigenvalue weighted by atomic mass is 10.1. The average Bonchev–Trinajstić information content (AvgIpc) is 2.43. The summed E-state index contributed by atoms with van der Waals surface area (Å²) in [5, 5.41) is 12.6.